The average molecular weight is 743 g/mol. The lowest BCUT2D eigenvalue weighted by Crippen LogP contribution is -2.43. The van der Waals surface area contributed by atoms with E-state index in [1.165, 1.54) is 24.3 Å². The molecule has 8 heteroatoms. The fraction of sp³-hybridized carbons (Fsp3) is 0.304. The predicted molar refractivity (Wildman–Crippen MR) is 210 cm³/mol. The van der Waals surface area contributed by atoms with E-state index in [-0.39, 0.29) is 23.3 Å². The van der Waals surface area contributed by atoms with Crippen molar-refractivity contribution >= 4 is 22.7 Å². The zero-order chi connectivity index (χ0) is 39.6. The largest absolute Gasteiger partial charge is 0.416 e. The van der Waals surface area contributed by atoms with E-state index >= 15 is 0 Å². The highest BCUT2D eigenvalue weighted by molar-refractivity contribution is 5.71. The Kier molecular flexibility index (Phi) is 11.5. The van der Waals surface area contributed by atoms with Crippen LogP contribution in [0, 0.1) is 11.8 Å². The first-order valence-electron chi connectivity index (χ1n) is 18.2. The van der Waals surface area contributed by atoms with Gasteiger partial charge in [0.1, 0.15) is 0 Å². The molecule has 0 heterocycles. The van der Waals surface area contributed by atoms with Crippen LogP contribution in [0.15, 0.2) is 147 Å². The first kappa shape index (κ1) is 40.2. The molecule has 284 valence electrons. The maximum Gasteiger partial charge on any atom is 0.416 e. The number of halogens is 6. The van der Waals surface area contributed by atoms with Crippen molar-refractivity contribution in [2.45, 2.75) is 76.7 Å². The number of anilines is 4. The Labute approximate surface area is 315 Å². The quantitative estimate of drug-likeness (QED) is 0.105. The molecule has 1 aliphatic rings. The molecule has 0 aromatic heterocycles. The van der Waals surface area contributed by atoms with Gasteiger partial charge < -0.3 is 9.80 Å². The molecule has 54 heavy (non-hydrogen) atoms. The Morgan fingerprint density at radius 3 is 1.35 bits per heavy atom. The van der Waals surface area contributed by atoms with Crippen LogP contribution in [0.4, 0.5) is 49.1 Å². The van der Waals surface area contributed by atoms with Crippen LogP contribution in [-0.4, -0.2) is 6.04 Å². The summed E-state index contributed by atoms with van der Waals surface area (Å²) in [6.45, 7) is 22.4. The minimum atomic E-state index is -4.48. The van der Waals surface area contributed by atoms with Gasteiger partial charge >= 0.3 is 12.4 Å². The zero-order valence-electron chi connectivity index (χ0n) is 31.5. The first-order chi connectivity index (χ1) is 25.4. The minimum absolute atomic E-state index is 0.0565. The Morgan fingerprint density at radius 2 is 0.981 bits per heavy atom. The molecule has 0 spiro atoms. The number of hydrogen-bond acceptors (Lipinski definition) is 2. The summed E-state index contributed by atoms with van der Waals surface area (Å²) in [5.41, 5.74) is 3.61. The topological polar surface area (TPSA) is 6.48 Å². The molecule has 5 rings (SSSR count). The number of hydrogen-bond donors (Lipinski definition) is 0. The van der Waals surface area contributed by atoms with Gasteiger partial charge in [0.15, 0.2) is 0 Å². The highest BCUT2D eigenvalue weighted by Gasteiger charge is 2.38. The second-order valence-corrected chi connectivity index (χ2v) is 14.6. The van der Waals surface area contributed by atoms with Crippen LogP contribution in [-0.2, 0) is 23.2 Å². The Morgan fingerprint density at radius 1 is 0.593 bits per heavy atom. The van der Waals surface area contributed by atoms with Gasteiger partial charge in [-0.15, -0.1) is 19.7 Å². The van der Waals surface area contributed by atoms with Gasteiger partial charge in [-0.3, -0.25) is 0 Å². The lowest BCUT2D eigenvalue weighted by Gasteiger charge is -2.45. The Hall–Kier alpha value is -4.98. The van der Waals surface area contributed by atoms with Crippen molar-refractivity contribution in [2.75, 3.05) is 9.80 Å². The van der Waals surface area contributed by atoms with Gasteiger partial charge in [0.25, 0.3) is 0 Å². The summed E-state index contributed by atoms with van der Waals surface area (Å²) in [6, 6.07) is 26.2. The summed E-state index contributed by atoms with van der Waals surface area (Å²) in [7, 11) is 0. The van der Waals surface area contributed by atoms with E-state index in [0.717, 1.165) is 58.9 Å². The third-order valence-corrected chi connectivity index (χ3v) is 11.5. The summed E-state index contributed by atoms with van der Waals surface area (Å²) < 4.78 is 81.8. The number of rotatable bonds is 12. The molecule has 1 unspecified atom stereocenters. The van der Waals surface area contributed by atoms with Crippen molar-refractivity contribution in [1.82, 2.24) is 0 Å². The van der Waals surface area contributed by atoms with Crippen LogP contribution >= 0.6 is 0 Å². The van der Waals surface area contributed by atoms with E-state index in [1.54, 1.807) is 0 Å². The van der Waals surface area contributed by atoms with Gasteiger partial charge in [-0.2, -0.15) is 26.3 Å². The van der Waals surface area contributed by atoms with Gasteiger partial charge in [-0.1, -0.05) is 76.3 Å². The summed E-state index contributed by atoms with van der Waals surface area (Å²) in [5, 5.41) is 0. The van der Waals surface area contributed by atoms with Gasteiger partial charge in [0.2, 0.25) is 0 Å². The molecule has 0 saturated carbocycles. The van der Waals surface area contributed by atoms with E-state index < -0.39 is 28.9 Å². The predicted octanol–water partition coefficient (Wildman–Crippen LogP) is 14.1. The van der Waals surface area contributed by atoms with E-state index in [4.69, 9.17) is 0 Å². The van der Waals surface area contributed by atoms with E-state index in [0.29, 0.717) is 17.8 Å². The molecular formula is C46H48F6N2. The lowest BCUT2D eigenvalue weighted by atomic mass is 9.78. The smallest absolute Gasteiger partial charge is 0.338 e. The van der Waals surface area contributed by atoms with Gasteiger partial charge in [-0.25, -0.2) is 0 Å². The van der Waals surface area contributed by atoms with Gasteiger partial charge in [0, 0.05) is 51.2 Å². The molecule has 0 saturated heterocycles. The number of benzene rings is 4. The third kappa shape index (κ3) is 7.94. The molecule has 0 N–H and O–H groups in total. The van der Waals surface area contributed by atoms with Gasteiger partial charge in [-0.05, 0) is 110 Å². The molecule has 0 amide bonds. The van der Waals surface area contributed by atoms with Crippen LogP contribution in [0.2, 0.25) is 0 Å². The molecule has 2 nitrogen and oxygen atoms in total. The summed E-state index contributed by atoms with van der Waals surface area (Å²) in [5.74, 6) is -0.181. The third-order valence-electron chi connectivity index (χ3n) is 11.5. The minimum Gasteiger partial charge on any atom is -0.338 e. The van der Waals surface area contributed by atoms with E-state index in [1.807, 2.05) is 78.6 Å². The highest BCUT2D eigenvalue weighted by Crippen LogP contribution is 2.45. The summed E-state index contributed by atoms with van der Waals surface area (Å²) in [4.78, 5) is 4.11. The van der Waals surface area contributed by atoms with Crippen molar-refractivity contribution in [1.29, 1.82) is 0 Å². The maximum atomic E-state index is 13.6. The first-order valence-corrected chi connectivity index (χ1v) is 18.2. The molecule has 4 aromatic rings. The van der Waals surface area contributed by atoms with E-state index in [9.17, 15) is 26.3 Å². The molecule has 4 aromatic carbocycles. The van der Waals surface area contributed by atoms with Gasteiger partial charge in [0.05, 0.1) is 11.1 Å². The molecule has 0 radical (unpaired) electrons. The molecule has 0 fully saturated rings. The molecule has 0 bridgehead atoms. The number of allylic oxidation sites excluding steroid dienone is 4. The highest BCUT2D eigenvalue weighted by atomic mass is 19.4. The van der Waals surface area contributed by atoms with Crippen molar-refractivity contribution in [3.05, 3.63) is 169 Å². The van der Waals surface area contributed by atoms with Crippen molar-refractivity contribution in [3.63, 3.8) is 0 Å². The van der Waals surface area contributed by atoms with Crippen molar-refractivity contribution < 1.29 is 26.3 Å². The molecule has 0 aliphatic heterocycles. The van der Waals surface area contributed by atoms with Crippen LogP contribution in [0.3, 0.4) is 0 Å². The maximum absolute atomic E-state index is 13.6. The summed E-state index contributed by atoms with van der Waals surface area (Å²) >= 11 is 0. The van der Waals surface area contributed by atoms with Crippen LogP contribution in [0.1, 0.15) is 69.7 Å². The van der Waals surface area contributed by atoms with E-state index in [2.05, 4.69) is 58.4 Å². The second-order valence-electron chi connectivity index (χ2n) is 14.6. The Balaban J connectivity index is 1.61. The fourth-order valence-corrected chi connectivity index (χ4v) is 7.23. The number of alkyl halides is 6. The molecule has 4 atom stereocenters. The molecular weight excluding hydrogens is 695 g/mol. The average Bonchev–Trinajstić information content (AvgIpc) is 3.17. The zero-order valence-corrected chi connectivity index (χ0v) is 31.5. The fourth-order valence-electron chi connectivity index (χ4n) is 7.23. The van der Waals surface area contributed by atoms with Crippen LogP contribution in [0.25, 0.3) is 0 Å². The lowest BCUT2D eigenvalue weighted by molar-refractivity contribution is -0.138. The monoisotopic (exact) mass is 742 g/mol. The van der Waals surface area contributed by atoms with Crippen LogP contribution in [0.5, 0.6) is 0 Å². The summed E-state index contributed by atoms with van der Waals surface area (Å²) in [6.07, 6.45) is 0.0793. The normalized spacial score (nSPS) is 18.9. The number of nitrogens with zero attached hydrogens (tertiary/aromatic N) is 2. The van der Waals surface area contributed by atoms with Crippen molar-refractivity contribution in [2.24, 2.45) is 11.8 Å². The van der Waals surface area contributed by atoms with Crippen LogP contribution < -0.4 is 9.80 Å². The second kappa shape index (κ2) is 15.4. The van der Waals surface area contributed by atoms with Crippen molar-refractivity contribution in [3.8, 4) is 0 Å². The standard InChI is InChI=1S/C46H48F6N2/c1-9-43(7,10-2)33-13-21-37(22-14-33)53(39-25-17-35(18-26-39)45(47,48)49)41-29-30-42(32(6)31(41)5)54(40-27-19-36(20-28-40)46(50,51)52)38-23-15-34(16-24-38)44(8,11-3)12-4/h9-11,13-28,30-32,41H,1-3,12,29H2,4-8H3/t31-,32-,41-,44?/m0/s1. The SMILES string of the molecule is C=CC(C)(C=C)c1ccc(N(c2ccc(C(F)(F)F)cc2)[C@H]2CC=C(N(c3ccc(C(F)(F)F)cc3)c3ccc(C(C)(C=C)CC)cc3)[C@@H](C)[C@@H]2C)cc1. The Bertz CT molecular complexity index is 1950. The molecule has 1 aliphatic carbocycles.